The van der Waals surface area contributed by atoms with Gasteiger partial charge in [-0.25, -0.2) is 5.43 Å². The van der Waals surface area contributed by atoms with Crippen LogP contribution in [-0.4, -0.2) is 72.5 Å². The number of nitrogens with one attached hydrogen (secondary N) is 3. The molecule has 0 bridgehead atoms. The fourth-order valence-corrected chi connectivity index (χ4v) is 4.71. The van der Waals surface area contributed by atoms with Crippen molar-refractivity contribution < 1.29 is 33.0 Å². The summed E-state index contributed by atoms with van der Waals surface area (Å²) in [5, 5.41) is 27.5. The number of alkyl halides is 3. The molecular weight excluding hydrogens is 667 g/mol. The number of benzene rings is 3. The smallest absolute Gasteiger partial charge is 0.395 e. The normalized spacial score (nSPS) is 11.7. The molecule has 0 aliphatic carbocycles. The number of carbonyl (C=O) groups excluding carboxylic acids is 2. The van der Waals surface area contributed by atoms with E-state index in [2.05, 4.69) is 37.1 Å². The van der Waals surface area contributed by atoms with Crippen LogP contribution in [0.1, 0.15) is 43.8 Å². The Labute approximate surface area is 266 Å². The minimum Gasteiger partial charge on any atom is -0.395 e. The van der Waals surface area contributed by atoms with Crippen molar-refractivity contribution in [1.29, 1.82) is 0 Å². The van der Waals surface area contributed by atoms with Gasteiger partial charge in [-0.05, 0) is 73.1 Å². The monoisotopic (exact) mass is 697 g/mol. The highest BCUT2D eigenvalue weighted by Gasteiger charge is 2.33. The predicted octanol–water partition coefficient (Wildman–Crippen LogP) is 4.90. The average Bonchev–Trinajstić information content (AvgIpc) is 2.98. The minimum absolute atomic E-state index is 0.0426. The van der Waals surface area contributed by atoms with Crippen LogP contribution in [0.15, 0.2) is 70.2 Å². The molecule has 3 rings (SSSR count). The molecule has 3 aromatic carbocycles. The van der Waals surface area contributed by atoms with Gasteiger partial charge in [0, 0.05) is 29.7 Å². The number of aliphatic hydroxyl groups excluding tert-OH is 2. The largest absolute Gasteiger partial charge is 0.417 e. The lowest BCUT2D eigenvalue weighted by Gasteiger charge is -2.19. The van der Waals surface area contributed by atoms with Crippen LogP contribution in [0.4, 0.5) is 18.9 Å². The van der Waals surface area contributed by atoms with Crippen molar-refractivity contribution in [3.8, 4) is 0 Å². The first kappa shape index (κ1) is 35.2. The lowest BCUT2D eigenvalue weighted by Crippen LogP contribution is -2.32. The van der Waals surface area contributed by atoms with Gasteiger partial charge < -0.3 is 20.8 Å². The number of halogens is 5. The zero-order chi connectivity index (χ0) is 32.1. The van der Waals surface area contributed by atoms with Crippen molar-refractivity contribution in [2.45, 2.75) is 19.1 Å². The van der Waals surface area contributed by atoms with Crippen molar-refractivity contribution in [1.82, 2.24) is 15.6 Å². The van der Waals surface area contributed by atoms with Gasteiger partial charge in [0.1, 0.15) is 0 Å². The summed E-state index contributed by atoms with van der Waals surface area (Å²) in [5.41, 5.74) is 2.94. The van der Waals surface area contributed by atoms with Gasteiger partial charge in [0.2, 0.25) is 0 Å². The Morgan fingerprint density at radius 3 is 2.32 bits per heavy atom. The topological polar surface area (TPSA) is 126 Å². The SMILES string of the molecule is O=C(Nc1ccc(Br)cc1C(=O)NN=Cc1ccc(Cl)c(C(F)(F)F)c1)c1ccc(CNCCCN(CCO)CCO)cc1. The molecule has 0 radical (unpaired) electrons. The Balaban J connectivity index is 1.57. The van der Waals surface area contributed by atoms with Gasteiger partial charge in [-0.1, -0.05) is 45.7 Å². The van der Waals surface area contributed by atoms with Gasteiger partial charge in [0.25, 0.3) is 11.8 Å². The number of hydrogen-bond acceptors (Lipinski definition) is 7. The van der Waals surface area contributed by atoms with Gasteiger partial charge in [-0.3, -0.25) is 14.5 Å². The van der Waals surface area contributed by atoms with Crippen molar-refractivity contribution in [3.63, 3.8) is 0 Å². The maximum absolute atomic E-state index is 13.1. The Morgan fingerprint density at radius 2 is 1.66 bits per heavy atom. The molecule has 3 aromatic rings. The highest BCUT2D eigenvalue weighted by Crippen LogP contribution is 2.34. The molecule has 44 heavy (non-hydrogen) atoms. The summed E-state index contributed by atoms with van der Waals surface area (Å²) in [6.45, 7) is 3.20. The molecule has 0 unspecified atom stereocenters. The number of carbonyl (C=O) groups is 2. The van der Waals surface area contributed by atoms with Gasteiger partial charge in [-0.15, -0.1) is 0 Å². The van der Waals surface area contributed by atoms with Gasteiger partial charge in [-0.2, -0.15) is 18.3 Å². The van der Waals surface area contributed by atoms with Crippen LogP contribution in [0.2, 0.25) is 5.02 Å². The van der Waals surface area contributed by atoms with Crippen molar-refractivity contribution >= 4 is 51.2 Å². The summed E-state index contributed by atoms with van der Waals surface area (Å²) in [7, 11) is 0. The lowest BCUT2D eigenvalue weighted by molar-refractivity contribution is -0.137. The van der Waals surface area contributed by atoms with Crippen LogP contribution >= 0.6 is 27.5 Å². The molecule has 0 aliphatic rings. The van der Waals surface area contributed by atoms with Crippen molar-refractivity contribution in [2.75, 3.05) is 44.7 Å². The number of hydrogen-bond donors (Lipinski definition) is 5. The van der Waals surface area contributed by atoms with Crippen LogP contribution < -0.4 is 16.1 Å². The molecular formula is C30H32BrClF3N5O4. The van der Waals surface area contributed by atoms with E-state index < -0.39 is 28.6 Å². The molecule has 0 aromatic heterocycles. The third-order valence-corrected chi connectivity index (χ3v) is 7.18. The summed E-state index contributed by atoms with van der Waals surface area (Å²) < 4.78 is 39.9. The summed E-state index contributed by atoms with van der Waals surface area (Å²) in [5.74, 6) is -1.14. The molecule has 0 saturated carbocycles. The Bertz CT molecular complexity index is 1440. The zero-order valence-corrected chi connectivity index (χ0v) is 25.8. The molecule has 0 saturated heterocycles. The number of aliphatic hydroxyl groups is 2. The molecule has 0 atom stereocenters. The standard InChI is InChI=1S/C30H32BrClF3N5O4/c31-23-7-9-27(24(17-23)29(44)39-37-19-21-4-8-26(32)25(16-21)30(33,34)35)38-28(43)22-5-2-20(3-6-22)18-36-10-1-11-40(12-14-41)13-15-42/h2-9,16-17,19,36,41-42H,1,10-15,18H2,(H,38,43)(H,39,44). The summed E-state index contributed by atoms with van der Waals surface area (Å²) >= 11 is 8.93. The summed E-state index contributed by atoms with van der Waals surface area (Å²) in [6, 6.07) is 14.9. The fourth-order valence-electron chi connectivity index (χ4n) is 4.13. The van der Waals surface area contributed by atoms with Crippen LogP contribution in [0, 0.1) is 0 Å². The molecule has 0 fully saturated rings. The first-order valence-electron chi connectivity index (χ1n) is 13.6. The fraction of sp³-hybridized carbons (Fsp3) is 0.300. The highest BCUT2D eigenvalue weighted by molar-refractivity contribution is 9.10. The maximum atomic E-state index is 13.1. The van der Waals surface area contributed by atoms with Crippen molar-refractivity contribution in [3.05, 3.63) is 98.0 Å². The number of rotatable bonds is 15. The van der Waals surface area contributed by atoms with E-state index in [1.54, 1.807) is 18.2 Å². The number of amides is 2. The highest BCUT2D eigenvalue weighted by atomic mass is 79.9. The van der Waals surface area contributed by atoms with E-state index in [1.165, 1.54) is 18.2 Å². The predicted molar refractivity (Wildman–Crippen MR) is 167 cm³/mol. The third-order valence-electron chi connectivity index (χ3n) is 6.36. The Kier molecular flexibility index (Phi) is 13.8. The second-order valence-electron chi connectivity index (χ2n) is 9.60. The van der Waals surface area contributed by atoms with E-state index in [-0.39, 0.29) is 30.0 Å². The van der Waals surface area contributed by atoms with E-state index in [4.69, 9.17) is 21.8 Å². The Hall–Kier alpha value is -3.33. The first-order valence-corrected chi connectivity index (χ1v) is 14.7. The molecule has 0 spiro atoms. The van der Waals surface area contributed by atoms with E-state index in [1.807, 2.05) is 17.0 Å². The van der Waals surface area contributed by atoms with E-state index in [0.29, 0.717) is 29.7 Å². The zero-order valence-electron chi connectivity index (χ0n) is 23.5. The molecule has 0 aliphatic heterocycles. The maximum Gasteiger partial charge on any atom is 0.417 e. The van der Waals surface area contributed by atoms with Crippen molar-refractivity contribution in [2.24, 2.45) is 5.10 Å². The number of nitrogens with zero attached hydrogens (tertiary/aromatic N) is 2. The molecule has 14 heteroatoms. The quantitative estimate of drug-likeness (QED) is 0.0874. The van der Waals surface area contributed by atoms with Gasteiger partial charge in [0.15, 0.2) is 0 Å². The molecule has 9 nitrogen and oxygen atoms in total. The molecule has 236 valence electrons. The molecule has 0 heterocycles. The minimum atomic E-state index is -4.64. The average molecular weight is 699 g/mol. The summed E-state index contributed by atoms with van der Waals surface area (Å²) in [4.78, 5) is 27.8. The van der Waals surface area contributed by atoms with Crippen LogP contribution in [0.3, 0.4) is 0 Å². The first-order chi connectivity index (χ1) is 21.0. The van der Waals surface area contributed by atoms with Gasteiger partial charge in [0.05, 0.1) is 41.3 Å². The second kappa shape index (κ2) is 17.2. The number of anilines is 1. The van der Waals surface area contributed by atoms with Crippen LogP contribution in [-0.2, 0) is 12.7 Å². The molecule has 5 N–H and O–H groups in total. The van der Waals surface area contributed by atoms with E-state index >= 15 is 0 Å². The Morgan fingerprint density at radius 1 is 0.955 bits per heavy atom. The molecule has 2 amide bonds. The lowest BCUT2D eigenvalue weighted by atomic mass is 10.1. The van der Waals surface area contributed by atoms with Crippen LogP contribution in [0.25, 0.3) is 0 Å². The van der Waals surface area contributed by atoms with E-state index in [0.717, 1.165) is 43.4 Å². The third kappa shape index (κ3) is 11.0. The summed E-state index contributed by atoms with van der Waals surface area (Å²) in [6.07, 6.45) is -2.75. The van der Waals surface area contributed by atoms with Crippen LogP contribution in [0.5, 0.6) is 0 Å². The number of hydrazone groups is 1. The second-order valence-corrected chi connectivity index (χ2v) is 10.9. The van der Waals surface area contributed by atoms with Gasteiger partial charge >= 0.3 is 6.18 Å². The van der Waals surface area contributed by atoms with E-state index in [9.17, 15) is 22.8 Å².